The van der Waals surface area contributed by atoms with E-state index in [2.05, 4.69) is 31.2 Å². The molecule has 5 nitrogen and oxygen atoms in total. The molecule has 286 valence electrons. The molecule has 5 N–H and O–H groups in total. The van der Waals surface area contributed by atoms with Gasteiger partial charge in [-0.15, -0.1) is 0 Å². The minimum Gasteiger partial charge on any atom is -0.507 e. The molecule has 5 heteroatoms. The van der Waals surface area contributed by atoms with Gasteiger partial charge in [0.2, 0.25) is 0 Å². The fourth-order valence-corrected chi connectivity index (χ4v) is 6.92. The predicted octanol–water partition coefficient (Wildman–Crippen LogP) is 12.4. The molecule has 7 aromatic rings. The number of aryl methyl sites for hydroxylation is 6. The van der Waals surface area contributed by atoms with E-state index in [1.54, 1.807) is 12.1 Å². The van der Waals surface area contributed by atoms with Crippen molar-refractivity contribution < 1.29 is 25.5 Å². The molecule has 0 unspecified atom stereocenters. The summed E-state index contributed by atoms with van der Waals surface area (Å²) in [5.74, 6) is 1.61. The van der Waals surface area contributed by atoms with Crippen LogP contribution in [0.1, 0.15) is 62.9 Å². The topological polar surface area (TPSA) is 101 Å². The van der Waals surface area contributed by atoms with Gasteiger partial charge in [-0.1, -0.05) is 134 Å². The fraction of sp³-hybridized carbons (Fsp3) is 0.176. The molecule has 0 fully saturated rings. The summed E-state index contributed by atoms with van der Waals surface area (Å²) in [4.78, 5) is 0. The van der Waals surface area contributed by atoms with Gasteiger partial charge in [-0.3, -0.25) is 0 Å². The molecule has 0 aliphatic rings. The second-order valence-corrected chi connectivity index (χ2v) is 14.5. The molecule has 0 radical (unpaired) electrons. The van der Waals surface area contributed by atoms with Gasteiger partial charge in [-0.2, -0.15) is 0 Å². The van der Waals surface area contributed by atoms with E-state index in [1.807, 2.05) is 145 Å². The highest BCUT2D eigenvalue weighted by atomic mass is 16.3. The van der Waals surface area contributed by atoms with E-state index in [9.17, 15) is 20.4 Å². The molecule has 0 saturated carbocycles. The third-order valence-corrected chi connectivity index (χ3v) is 10.1. The number of hydrogen-bond donors (Lipinski definition) is 5. The van der Waals surface area contributed by atoms with Crippen molar-refractivity contribution in [3.8, 4) is 56.4 Å². The minimum absolute atomic E-state index is 0.0297. The number of phenolic OH excluding ortho intramolecular Hbond substituents is 4. The highest BCUT2D eigenvalue weighted by Gasteiger charge is 2.16. The van der Waals surface area contributed by atoms with Crippen LogP contribution in [0.4, 0.5) is 0 Å². The van der Waals surface area contributed by atoms with Crippen molar-refractivity contribution >= 4 is 0 Å². The van der Waals surface area contributed by atoms with Gasteiger partial charge in [0.15, 0.2) is 0 Å². The van der Waals surface area contributed by atoms with E-state index in [-0.39, 0.29) is 12.5 Å². The lowest BCUT2D eigenvalue weighted by Crippen LogP contribution is -1.99. The van der Waals surface area contributed by atoms with Gasteiger partial charge in [0, 0.05) is 17.0 Å². The number of rotatable bonds is 6. The van der Waals surface area contributed by atoms with Crippen molar-refractivity contribution in [2.24, 2.45) is 0 Å². The van der Waals surface area contributed by atoms with Crippen molar-refractivity contribution in [3.05, 3.63) is 190 Å². The first kappa shape index (κ1) is 40.9. The third kappa shape index (κ3) is 9.67. The standard InChI is InChI=1S/C24H18O.C18H22O2.C9H12O2/c25-24-22(19-12-6-2-7-13-19)16-21(18-10-4-1-5-11-18)17-23(24)20-14-8-3-9-15-20;1-10-6-15(7-11(2)17(10)19)14(5)16-8-12(3)18(20)13(4)9-16;1-6-3-8(5-10)4-7(2)9(6)11/h1-17,25H;6-9,14,19-20H,1-5H3;3-4,10-11H,5H2,1-2H3. The number of aromatic hydroxyl groups is 4. The Kier molecular flexibility index (Phi) is 13.4. The molecule has 7 rings (SSSR count). The molecule has 7 aromatic carbocycles. The van der Waals surface area contributed by atoms with E-state index >= 15 is 0 Å². The van der Waals surface area contributed by atoms with Crippen LogP contribution in [0.3, 0.4) is 0 Å². The van der Waals surface area contributed by atoms with E-state index in [1.165, 1.54) is 11.1 Å². The van der Waals surface area contributed by atoms with Crippen LogP contribution in [-0.4, -0.2) is 25.5 Å². The zero-order valence-corrected chi connectivity index (χ0v) is 33.3. The van der Waals surface area contributed by atoms with E-state index < -0.39 is 0 Å². The Morgan fingerprint density at radius 2 is 0.679 bits per heavy atom. The lowest BCUT2D eigenvalue weighted by atomic mass is 9.88. The molecule has 0 bridgehead atoms. The van der Waals surface area contributed by atoms with Gasteiger partial charge in [-0.25, -0.2) is 0 Å². The molecule has 0 aromatic heterocycles. The van der Waals surface area contributed by atoms with Crippen molar-refractivity contribution in [3.63, 3.8) is 0 Å². The number of benzene rings is 7. The molecule has 56 heavy (non-hydrogen) atoms. The monoisotopic (exact) mass is 744 g/mol. The Bertz CT molecular complexity index is 2210. The number of hydrogen-bond acceptors (Lipinski definition) is 5. The lowest BCUT2D eigenvalue weighted by molar-refractivity contribution is 0.281. The fourth-order valence-electron chi connectivity index (χ4n) is 6.92. The Hall–Kier alpha value is -6.30. The zero-order valence-electron chi connectivity index (χ0n) is 33.3. The van der Waals surface area contributed by atoms with Crippen LogP contribution in [-0.2, 0) is 6.61 Å². The molecule has 0 amide bonds. The van der Waals surface area contributed by atoms with Gasteiger partial charge in [0.05, 0.1) is 6.61 Å². The van der Waals surface area contributed by atoms with E-state index in [4.69, 9.17) is 5.11 Å². The van der Waals surface area contributed by atoms with Crippen LogP contribution in [0.15, 0.2) is 140 Å². The summed E-state index contributed by atoms with van der Waals surface area (Å²) in [6.07, 6.45) is 0. The molecule has 0 spiro atoms. The van der Waals surface area contributed by atoms with E-state index in [0.717, 1.165) is 72.3 Å². The number of aliphatic hydroxyl groups is 1. The molecule has 0 heterocycles. The number of phenols is 4. The largest absolute Gasteiger partial charge is 0.507 e. The average molecular weight is 745 g/mol. The Balaban J connectivity index is 0.000000173. The summed E-state index contributed by atoms with van der Waals surface area (Å²) < 4.78 is 0. The maximum Gasteiger partial charge on any atom is 0.131 e. The lowest BCUT2D eigenvalue weighted by Gasteiger charge is -2.17. The van der Waals surface area contributed by atoms with Gasteiger partial charge < -0.3 is 25.5 Å². The van der Waals surface area contributed by atoms with Crippen molar-refractivity contribution in [1.29, 1.82) is 0 Å². The molecule has 0 atom stereocenters. The second-order valence-electron chi connectivity index (χ2n) is 14.5. The van der Waals surface area contributed by atoms with Crippen LogP contribution in [0.2, 0.25) is 0 Å². The second kappa shape index (κ2) is 18.4. The van der Waals surface area contributed by atoms with Gasteiger partial charge in [0.1, 0.15) is 23.0 Å². The van der Waals surface area contributed by atoms with Crippen molar-refractivity contribution in [2.45, 2.75) is 61.0 Å². The van der Waals surface area contributed by atoms with Crippen LogP contribution in [0.25, 0.3) is 33.4 Å². The van der Waals surface area contributed by atoms with Crippen LogP contribution in [0.5, 0.6) is 23.0 Å². The minimum atomic E-state index is 0.0297. The average Bonchev–Trinajstić information content (AvgIpc) is 3.21. The van der Waals surface area contributed by atoms with Crippen molar-refractivity contribution in [2.75, 3.05) is 0 Å². The normalized spacial score (nSPS) is 10.7. The van der Waals surface area contributed by atoms with Crippen LogP contribution < -0.4 is 0 Å². The van der Waals surface area contributed by atoms with Gasteiger partial charge >= 0.3 is 0 Å². The van der Waals surface area contributed by atoms with Crippen LogP contribution >= 0.6 is 0 Å². The maximum absolute atomic E-state index is 11.0. The Morgan fingerprint density at radius 3 is 1.00 bits per heavy atom. The summed E-state index contributed by atoms with van der Waals surface area (Å²) in [6.45, 7) is 13.5. The number of aliphatic hydroxyl groups excluding tert-OH is 1. The molecular formula is C51H52O5. The summed E-state index contributed by atoms with van der Waals surface area (Å²) in [5, 5.41) is 48.9. The summed E-state index contributed by atoms with van der Waals surface area (Å²) in [7, 11) is 0. The van der Waals surface area contributed by atoms with Crippen molar-refractivity contribution in [1.82, 2.24) is 0 Å². The first-order valence-electron chi connectivity index (χ1n) is 18.8. The highest BCUT2D eigenvalue weighted by molar-refractivity contribution is 5.87. The van der Waals surface area contributed by atoms with Crippen LogP contribution in [0, 0.1) is 41.5 Å². The molecule has 0 aliphatic carbocycles. The first-order valence-corrected chi connectivity index (χ1v) is 18.8. The molecule has 0 saturated heterocycles. The summed E-state index contributed by atoms with van der Waals surface area (Å²) in [5.41, 5.74) is 14.4. The van der Waals surface area contributed by atoms with Gasteiger partial charge in [-0.05, 0) is 126 Å². The SMILES string of the molecule is Cc1cc(C(C)c2cc(C)c(O)c(C)c2)cc(C)c1O.Cc1cc(CO)cc(C)c1O.Oc1c(-c2ccccc2)cc(-c2ccccc2)cc1-c1ccccc1. The molecular weight excluding hydrogens is 693 g/mol. The smallest absolute Gasteiger partial charge is 0.131 e. The Morgan fingerprint density at radius 1 is 0.375 bits per heavy atom. The van der Waals surface area contributed by atoms with E-state index in [0.29, 0.717) is 23.0 Å². The maximum atomic E-state index is 11.0. The van der Waals surface area contributed by atoms with Gasteiger partial charge in [0.25, 0.3) is 0 Å². The first-order chi connectivity index (χ1) is 26.8. The quantitative estimate of drug-likeness (QED) is 0.117. The zero-order chi connectivity index (χ0) is 40.5. The third-order valence-electron chi connectivity index (χ3n) is 10.1. The molecule has 0 aliphatic heterocycles. The summed E-state index contributed by atoms with van der Waals surface area (Å²) >= 11 is 0. The Labute approximate surface area is 331 Å². The predicted molar refractivity (Wildman–Crippen MR) is 231 cm³/mol. The summed E-state index contributed by atoms with van der Waals surface area (Å²) in [6, 6.07) is 46.1. The highest BCUT2D eigenvalue weighted by Crippen LogP contribution is 2.42.